The smallest absolute Gasteiger partial charge is 0.152 e. The van der Waals surface area contributed by atoms with Crippen LogP contribution in [-0.2, 0) is 4.79 Å². The Kier molecular flexibility index (Phi) is 4.93. The molecule has 1 aromatic rings. The van der Waals surface area contributed by atoms with E-state index in [1.807, 2.05) is 13.8 Å². The minimum Gasteiger partial charge on any atom is -0.295 e. The van der Waals surface area contributed by atoms with Gasteiger partial charge in [0.25, 0.3) is 0 Å². The lowest BCUT2D eigenvalue weighted by molar-refractivity contribution is -0.112. The molecule has 0 saturated carbocycles. The number of halogens is 2. The van der Waals surface area contributed by atoms with Gasteiger partial charge in [-0.05, 0) is 50.1 Å². The zero-order valence-corrected chi connectivity index (χ0v) is 11.3. The molecule has 0 aliphatic rings. The van der Waals surface area contributed by atoms with Crippen LogP contribution in [0.3, 0.4) is 0 Å². The van der Waals surface area contributed by atoms with Gasteiger partial charge in [0.05, 0.1) is 0 Å². The molecule has 1 rings (SSSR count). The summed E-state index contributed by atoms with van der Waals surface area (Å²) in [6.45, 7) is 8.94. The van der Waals surface area contributed by atoms with E-state index in [1.165, 1.54) is 25.1 Å². The Balaban J connectivity index is 3.22. The lowest BCUT2D eigenvalue weighted by Gasteiger charge is -2.10. The molecule has 0 N–H and O–H groups in total. The van der Waals surface area contributed by atoms with Crippen LogP contribution in [0, 0.1) is 11.6 Å². The quantitative estimate of drug-likeness (QED) is 0.578. The van der Waals surface area contributed by atoms with Gasteiger partial charge in [0, 0.05) is 11.6 Å². The van der Waals surface area contributed by atoms with Crippen molar-refractivity contribution in [2.45, 2.75) is 20.8 Å². The molecular formula is C16H16F2O. The molecular weight excluding hydrogens is 246 g/mol. The maximum Gasteiger partial charge on any atom is 0.152 e. The average Bonchev–Trinajstić information content (AvgIpc) is 2.27. The molecule has 0 saturated heterocycles. The van der Waals surface area contributed by atoms with Crippen LogP contribution in [0.2, 0.25) is 0 Å². The van der Waals surface area contributed by atoms with Gasteiger partial charge in [-0.2, -0.15) is 0 Å². The molecule has 100 valence electrons. The summed E-state index contributed by atoms with van der Waals surface area (Å²) in [7, 11) is 0. The first kappa shape index (κ1) is 15.0. The second-order valence-corrected chi connectivity index (χ2v) is 4.46. The predicted molar refractivity (Wildman–Crippen MR) is 73.6 cm³/mol. The van der Waals surface area contributed by atoms with E-state index in [4.69, 9.17) is 0 Å². The highest BCUT2D eigenvalue weighted by atomic mass is 19.1. The Labute approximate surface area is 112 Å². The van der Waals surface area contributed by atoms with Gasteiger partial charge in [-0.25, -0.2) is 8.78 Å². The van der Waals surface area contributed by atoms with E-state index < -0.39 is 11.6 Å². The lowest BCUT2D eigenvalue weighted by atomic mass is 9.95. The number of carbonyl (C=O) groups is 1. The van der Waals surface area contributed by atoms with Gasteiger partial charge in [-0.1, -0.05) is 18.2 Å². The molecule has 0 amide bonds. The van der Waals surface area contributed by atoms with E-state index in [0.29, 0.717) is 11.1 Å². The van der Waals surface area contributed by atoms with Crippen molar-refractivity contribution in [3.05, 3.63) is 65.3 Å². The van der Waals surface area contributed by atoms with E-state index in [1.54, 1.807) is 6.08 Å². The second-order valence-electron chi connectivity index (χ2n) is 4.46. The third-order valence-electron chi connectivity index (χ3n) is 2.60. The van der Waals surface area contributed by atoms with Crippen molar-refractivity contribution in [1.29, 1.82) is 0 Å². The highest BCUT2D eigenvalue weighted by Gasteiger charge is 2.11. The van der Waals surface area contributed by atoms with Crippen LogP contribution in [0.15, 0.2) is 48.1 Å². The van der Waals surface area contributed by atoms with Crippen molar-refractivity contribution in [2.75, 3.05) is 0 Å². The van der Waals surface area contributed by atoms with Crippen LogP contribution < -0.4 is 0 Å². The zero-order valence-electron chi connectivity index (χ0n) is 11.3. The van der Waals surface area contributed by atoms with E-state index in [0.717, 1.165) is 11.6 Å². The summed E-state index contributed by atoms with van der Waals surface area (Å²) in [5, 5.41) is 0. The summed E-state index contributed by atoms with van der Waals surface area (Å²) in [5.41, 5.74) is 2.22. The highest BCUT2D eigenvalue weighted by molar-refractivity contribution is 5.90. The van der Waals surface area contributed by atoms with Crippen LogP contribution in [0.4, 0.5) is 8.78 Å². The maximum absolute atomic E-state index is 13.7. The van der Waals surface area contributed by atoms with Gasteiger partial charge in [0.1, 0.15) is 11.6 Å². The average molecular weight is 262 g/mol. The lowest BCUT2D eigenvalue weighted by Crippen LogP contribution is -1.95. The highest BCUT2D eigenvalue weighted by Crippen LogP contribution is 2.27. The summed E-state index contributed by atoms with van der Waals surface area (Å²) in [5.74, 6) is -1.40. The summed E-state index contributed by atoms with van der Waals surface area (Å²) in [6.07, 6.45) is 3.00. The van der Waals surface area contributed by atoms with Gasteiger partial charge in [-0.3, -0.25) is 4.79 Å². The minimum atomic E-state index is -0.667. The first-order valence-electron chi connectivity index (χ1n) is 5.83. The van der Waals surface area contributed by atoms with E-state index >= 15 is 0 Å². The Morgan fingerprint density at radius 2 is 1.79 bits per heavy atom. The van der Waals surface area contributed by atoms with E-state index in [9.17, 15) is 13.6 Å². The number of carbonyl (C=O) groups excluding carboxylic acids is 1. The molecule has 0 aliphatic heterocycles. The summed E-state index contributed by atoms with van der Waals surface area (Å²) >= 11 is 0. The molecule has 0 bridgehead atoms. The third-order valence-corrected chi connectivity index (χ3v) is 2.60. The predicted octanol–water partition coefficient (Wildman–Crippen LogP) is 4.46. The van der Waals surface area contributed by atoms with Crippen molar-refractivity contribution in [1.82, 2.24) is 0 Å². The Morgan fingerprint density at radius 3 is 2.26 bits per heavy atom. The van der Waals surface area contributed by atoms with Crippen LogP contribution in [-0.4, -0.2) is 5.78 Å². The van der Waals surface area contributed by atoms with Crippen LogP contribution in [0.5, 0.6) is 0 Å². The van der Waals surface area contributed by atoms with Gasteiger partial charge in [0.2, 0.25) is 0 Å². The Morgan fingerprint density at radius 1 is 1.16 bits per heavy atom. The van der Waals surface area contributed by atoms with E-state index in [2.05, 4.69) is 6.58 Å². The number of benzene rings is 1. The Bertz CT molecular complexity index is 576. The second kappa shape index (κ2) is 6.23. The van der Waals surface area contributed by atoms with Crippen molar-refractivity contribution < 1.29 is 13.6 Å². The van der Waals surface area contributed by atoms with Crippen molar-refractivity contribution >= 4 is 11.4 Å². The largest absolute Gasteiger partial charge is 0.295 e. The number of ketones is 1. The van der Waals surface area contributed by atoms with Crippen LogP contribution in [0.1, 0.15) is 26.3 Å². The number of rotatable bonds is 4. The fourth-order valence-corrected chi connectivity index (χ4v) is 1.65. The molecule has 0 atom stereocenters. The fourth-order valence-electron chi connectivity index (χ4n) is 1.65. The monoisotopic (exact) mass is 262 g/mol. The first-order chi connectivity index (χ1) is 8.82. The standard InChI is InChI=1S/C16H16F2O/c1-10(2)14(7-5-11(3)19)12(4)15-8-6-13(17)9-16(15)18/h5-9H,4H2,1-3H3/b7-5-. The molecule has 1 aromatic carbocycles. The molecule has 0 aliphatic carbocycles. The molecule has 0 radical (unpaired) electrons. The third kappa shape index (κ3) is 3.98. The molecule has 0 aromatic heterocycles. The molecule has 3 heteroatoms. The summed E-state index contributed by atoms with van der Waals surface area (Å²) in [6, 6.07) is 3.34. The van der Waals surface area contributed by atoms with Crippen molar-refractivity contribution in [3.63, 3.8) is 0 Å². The number of hydrogen-bond donors (Lipinski definition) is 0. The molecule has 0 fully saturated rings. The maximum atomic E-state index is 13.7. The molecule has 0 unspecified atom stereocenters. The van der Waals surface area contributed by atoms with E-state index in [-0.39, 0.29) is 11.3 Å². The van der Waals surface area contributed by atoms with Crippen LogP contribution in [0.25, 0.3) is 5.57 Å². The van der Waals surface area contributed by atoms with Gasteiger partial charge in [-0.15, -0.1) is 0 Å². The molecule has 0 heterocycles. The minimum absolute atomic E-state index is 0.105. The molecule has 19 heavy (non-hydrogen) atoms. The zero-order chi connectivity index (χ0) is 14.6. The molecule has 0 spiro atoms. The first-order valence-corrected chi connectivity index (χ1v) is 5.83. The molecule has 1 nitrogen and oxygen atoms in total. The SMILES string of the molecule is C=C(C(/C=C\C(C)=O)=C(C)C)c1ccc(F)cc1F. The Hall–Kier alpha value is -2.03. The van der Waals surface area contributed by atoms with Crippen molar-refractivity contribution in [2.24, 2.45) is 0 Å². The van der Waals surface area contributed by atoms with Gasteiger partial charge in [0.15, 0.2) is 5.78 Å². The topological polar surface area (TPSA) is 17.1 Å². The van der Waals surface area contributed by atoms with Crippen molar-refractivity contribution in [3.8, 4) is 0 Å². The number of allylic oxidation sites excluding steroid dienone is 5. The summed E-state index contributed by atoms with van der Waals surface area (Å²) < 4.78 is 26.6. The van der Waals surface area contributed by atoms with Crippen LogP contribution >= 0.6 is 0 Å². The summed E-state index contributed by atoms with van der Waals surface area (Å²) in [4.78, 5) is 11.0. The normalized spacial score (nSPS) is 10.6. The fraction of sp³-hybridized carbons (Fsp3) is 0.188. The van der Waals surface area contributed by atoms with Gasteiger partial charge >= 0.3 is 0 Å². The number of hydrogen-bond acceptors (Lipinski definition) is 1. The van der Waals surface area contributed by atoms with Gasteiger partial charge < -0.3 is 0 Å².